The van der Waals surface area contributed by atoms with Gasteiger partial charge in [0.05, 0.1) is 0 Å². The van der Waals surface area contributed by atoms with E-state index in [2.05, 4.69) is 11.6 Å². The number of aromatic nitrogens is 1. The van der Waals surface area contributed by atoms with Crippen molar-refractivity contribution in [3.8, 4) is 0 Å². The second-order valence-corrected chi connectivity index (χ2v) is 6.41. The zero-order chi connectivity index (χ0) is 15.5. The van der Waals surface area contributed by atoms with Gasteiger partial charge in [0.15, 0.2) is 0 Å². The fraction of sp³-hybridized carbons (Fsp3) is 0.462. The van der Waals surface area contributed by atoms with Crippen molar-refractivity contribution in [3.05, 3.63) is 29.6 Å². The SMILES string of the molecule is C=CCN(CCC)S(=O)(=O)c1c(C)[nH]c(C(=O)O)c1C. The number of nitrogens with zero attached hydrogens (tertiary/aromatic N) is 1. The van der Waals surface area contributed by atoms with Crippen molar-refractivity contribution in [1.29, 1.82) is 0 Å². The maximum absolute atomic E-state index is 12.7. The van der Waals surface area contributed by atoms with E-state index in [9.17, 15) is 13.2 Å². The molecule has 6 nitrogen and oxygen atoms in total. The molecule has 0 aliphatic rings. The highest BCUT2D eigenvalue weighted by molar-refractivity contribution is 7.89. The smallest absolute Gasteiger partial charge is 0.352 e. The van der Waals surface area contributed by atoms with Gasteiger partial charge in [-0.05, 0) is 20.3 Å². The average Bonchev–Trinajstić information content (AvgIpc) is 2.65. The Hall–Kier alpha value is -1.60. The third-order valence-corrected chi connectivity index (χ3v) is 5.13. The molecule has 0 unspecified atom stereocenters. The number of nitrogens with one attached hydrogen (secondary N) is 1. The Bertz CT molecular complexity index is 617. The molecule has 0 saturated carbocycles. The molecule has 20 heavy (non-hydrogen) atoms. The van der Waals surface area contributed by atoms with Gasteiger partial charge in [0.1, 0.15) is 10.6 Å². The number of aromatic amines is 1. The summed E-state index contributed by atoms with van der Waals surface area (Å²) < 4.78 is 26.6. The minimum Gasteiger partial charge on any atom is -0.477 e. The first-order valence-corrected chi connectivity index (χ1v) is 7.74. The molecule has 1 aromatic heterocycles. The van der Waals surface area contributed by atoms with Crippen molar-refractivity contribution in [2.24, 2.45) is 0 Å². The van der Waals surface area contributed by atoms with Gasteiger partial charge in [-0.25, -0.2) is 13.2 Å². The van der Waals surface area contributed by atoms with Crippen LogP contribution in [0, 0.1) is 13.8 Å². The Morgan fingerprint density at radius 1 is 1.45 bits per heavy atom. The number of hydrogen-bond donors (Lipinski definition) is 2. The van der Waals surface area contributed by atoms with Crippen LogP contribution < -0.4 is 0 Å². The number of aromatic carboxylic acids is 1. The number of hydrogen-bond acceptors (Lipinski definition) is 3. The van der Waals surface area contributed by atoms with Crippen LogP contribution in [0.3, 0.4) is 0 Å². The molecule has 0 bridgehead atoms. The molecule has 0 fully saturated rings. The molecule has 1 heterocycles. The molecule has 0 amide bonds. The Labute approximate surface area is 119 Å². The van der Waals surface area contributed by atoms with Crippen LogP contribution in [0.15, 0.2) is 17.6 Å². The second-order valence-electron chi connectivity index (χ2n) is 4.54. The average molecular weight is 300 g/mol. The van der Waals surface area contributed by atoms with Gasteiger partial charge < -0.3 is 10.1 Å². The predicted molar refractivity (Wildman–Crippen MR) is 76.5 cm³/mol. The van der Waals surface area contributed by atoms with Gasteiger partial charge in [0.2, 0.25) is 10.0 Å². The highest BCUT2D eigenvalue weighted by Gasteiger charge is 2.30. The highest BCUT2D eigenvalue weighted by Crippen LogP contribution is 2.26. The topological polar surface area (TPSA) is 90.5 Å². The Balaban J connectivity index is 3.41. The standard InChI is InChI=1S/C13H20N2O4S/c1-5-7-15(8-6-2)20(18,19)12-9(3)11(13(16)17)14-10(12)4/h5,14H,1,6-8H2,2-4H3,(H,16,17). The van der Waals surface area contributed by atoms with E-state index >= 15 is 0 Å². The number of carboxylic acid groups (broad SMARTS) is 1. The summed E-state index contributed by atoms with van der Waals surface area (Å²) in [5.74, 6) is -1.17. The lowest BCUT2D eigenvalue weighted by atomic mass is 10.2. The van der Waals surface area contributed by atoms with Gasteiger partial charge in [0, 0.05) is 24.3 Å². The summed E-state index contributed by atoms with van der Waals surface area (Å²) in [5, 5.41) is 9.06. The predicted octanol–water partition coefficient (Wildman–Crippen LogP) is 1.92. The molecule has 112 valence electrons. The van der Waals surface area contributed by atoms with Crippen LogP contribution in [0.1, 0.15) is 35.1 Å². The lowest BCUT2D eigenvalue weighted by Gasteiger charge is -2.20. The second kappa shape index (κ2) is 6.23. The molecular formula is C13H20N2O4S. The Morgan fingerprint density at radius 3 is 2.45 bits per heavy atom. The van der Waals surface area contributed by atoms with Crippen LogP contribution in [0.4, 0.5) is 0 Å². The largest absolute Gasteiger partial charge is 0.477 e. The lowest BCUT2D eigenvalue weighted by Crippen LogP contribution is -2.32. The van der Waals surface area contributed by atoms with E-state index in [4.69, 9.17) is 5.11 Å². The molecule has 0 aliphatic carbocycles. The highest BCUT2D eigenvalue weighted by atomic mass is 32.2. The quantitative estimate of drug-likeness (QED) is 0.753. The zero-order valence-electron chi connectivity index (χ0n) is 11.9. The van der Waals surface area contributed by atoms with Gasteiger partial charge >= 0.3 is 5.97 Å². The Morgan fingerprint density at radius 2 is 2.05 bits per heavy atom. The maximum Gasteiger partial charge on any atom is 0.352 e. The third kappa shape index (κ3) is 2.94. The minimum atomic E-state index is -3.73. The van der Waals surface area contributed by atoms with Crippen LogP contribution in [-0.4, -0.2) is 41.9 Å². The summed E-state index contributed by atoms with van der Waals surface area (Å²) in [6.45, 7) is 9.06. The van der Waals surface area contributed by atoms with Crippen LogP contribution in [0.2, 0.25) is 0 Å². The molecule has 0 atom stereocenters. The van der Waals surface area contributed by atoms with Crippen molar-refractivity contribution in [3.63, 3.8) is 0 Å². The fourth-order valence-corrected chi connectivity index (χ4v) is 4.08. The summed E-state index contributed by atoms with van der Waals surface area (Å²) in [5.41, 5.74) is 0.487. The summed E-state index contributed by atoms with van der Waals surface area (Å²) in [4.78, 5) is 13.8. The molecule has 0 spiro atoms. The number of rotatable bonds is 7. The molecule has 0 aliphatic heterocycles. The van der Waals surface area contributed by atoms with Crippen LogP contribution in [0.25, 0.3) is 0 Å². The van der Waals surface area contributed by atoms with E-state index in [1.807, 2.05) is 6.92 Å². The van der Waals surface area contributed by atoms with Gasteiger partial charge in [-0.2, -0.15) is 4.31 Å². The first-order valence-electron chi connectivity index (χ1n) is 6.30. The van der Waals surface area contributed by atoms with Crippen molar-refractivity contribution >= 4 is 16.0 Å². The number of aryl methyl sites for hydroxylation is 1. The summed E-state index contributed by atoms with van der Waals surface area (Å²) >= 11 is 0. The number of carbonyl (C=O) groups is 1. The first-order chi connectivity index (χ1) is 9.27. The van der Waals surface area contributed by atoms with E-state index < -0.39 is 16.0 Å². The normalized spacial score (nSPS) is 11.8. The van der Waals surface area contributed by atoms with E-state index in [1.54, 1.807) is 6.92 Å². The van der Waals surface area contributed by atoms with Crippen LogP contribution in [-0.2, 0) is 10.0 Å². The van der Waals surface area contributed by atoms with Crippen LogP contribution in [0.5, 0.6) is 0 Å². The minimum absolute atomic E-state index is 0.0465. The molecule has 2 N–H and O–H groups in total. The van der Waals surface area contributed by atoms with Crippen molar-refractivity contribution in [2.45, 2.75) is 32.1 Å². The third-order valence-electron chi connectivity index (χ3n) is 2.99. The van der Waals surface area contributed by atoms with E-state index in [1.165, 1.54) is 17.3 Å². The number of carboxylic acids is 1. The van der Waals surface area contributed by atoms with Gasteiger partial charge in [-0.15, -0.1) is 6.58 Å². The van der Waals surface area contributed by atoms with Gasteiger partial charge in [0.25, 0.3) is 0 Å². The van der Waals surface area contributed by atoms with Gasteiger partial charge in [-0.3, -0.25) is 0 Å². The first kappa shape index (κ1) is 16.5. The van der Waals surface area contributed by atoms with Crippen molar-refractivity contribution in [2.75, 3.05) is 13.1 Å². The zero-order valence-corrected chi connectivity index (χ0v) is 12.7. The molecule has 0 radical (unpaired) electrons. The molecule has 0 aromatic carbocycles. The van der Waals surface area contributed by atoms with Crippen molar-refractivity contribution < 1.29 is 18.3 Å². The monoisotopic (exact) mass is 300 g/mol. The summed E-state index contributed by atoms with van der Waals surface area (Å²) in [7, 11) is -3.73. The maximum atomic E-state index is 12.7. The summed E-state index contributed by atoms with van der Waals surface area (Å²) in [6, 6.07) is 0. The molecular weight excluding hydrogens is 280 g/mol. The molecule has 1 rings (SSSR count). The lowest BCUT2D eigenvalue weighted by molar-refractivity contribution is 0.0690. The molecule has 1 aromatic rings. The van der Waals surface area contributed by atoms with E-state index in [-0.39, 0.29) is 22.7 Å². The van der Waals surface area contributed by atoms with Gasteiger partial charge in [-0.1, -0.05) is 13.0 Å². The summed E-state index contributed by atoms with van der Waals surface area (Å²) in [6.07, 6.45) is 2.18. The van der Waals surface area contributed by atoms with E-state index in [0.717, 1.165) is 0 Å². The van der Waals surface area contributed by atoms with E-state index in [0.29, 0.717) is 18.7 Å². The molecule has 0 saturated heterocycles. The Kier molecular flexibility index (Phi) is 5.13. The van der Waals surface area contributed by atoms with Crippen LogP contribution >= 0.6 is 0 Å². The fourth-order valence-electron chi connectivity index (χ4n) is 2.17. The number of H-pyrrole nitrogens is 1. The molecule has 7 heteroatoms. The van der Waals surface area contributed by atoms with Crippen molar-refractivity contribution in [1.82, 2.24) is 9.29 Å². The number of sulfonamides is 1.